The summed E-state index contributed by atoms with van der Waals surface area (Å²) in [5.41, 5.74) is 1.18. The summed E-state index contributed by atoms with van der Waals surface area (Å²) in [5, 5.41) is 10.1. The second kappa shape index (κ2) is 6.50. The molecule has 3 heteroatoms. The number of rotatable bonds is 5. The summed E-state index contributed by atoms with van der Waals surface area (Å²) in [7, 11) is 0. The molecule has 1 aromatic heterocycles. The van der Waals surface area contributed by atoms with E-state index in [1.165, 1.54) is 15.3 Å². The minimum absolute atomic E-state index is 0.297. The van der Waals surface area contributed by atoms with E-state index in [1.807, 2.05) is 12.1 Å². The number of halogens is 1. The third-order valence-electron chi connectivity index (χ3n) is 2.89. The molecule has 2 rings (SSSR count). The molecule has 1 aromatic carbocycles. The van der Waals surface area contributed by atoms with E-state index >= 15 is 0 Å². The summed E-state index contributed by atoms with van der Waals surface area (Å²) in [5.74, 6) is 0. The molecule has 18 heavy (non-hydrogen) atoms. The van der Waals surface area contributed by atoms with E-state index < -0.39 is 0 Å². The van der Waals surface area contributed by atoms with Gasteiger partial charge >= 0.3 is 0 Å². The van der Waals surface area contributed by atoms with E-state index in [1.54, 1.807) is 11.3 Å². The molecule has 0 aliphatic rings. The molecule has 0 saturated heterocycles. The van der Waals surface area contributed by atoms with Crippen molar-refractivity contribution in [2.75, 3.05) is 0 Å². The Hall–Kier alpha value is -0.640. The largest absolute Gasteiger partial charge is 0.392 e. The highest BCUT2D eigenvalue weighted by atomic mass is 79.9. The van der Waals surface area contributed by atoms with Crippen molar-refractivity contribution < 1.29 is 5.11 Å². The van der Waals surface area contributed by atoms with Crippen LogP contribution >= 0.6 is 27.3 Å². The topological polar surface area (TPSA) is 20.2 Å². The smallest absolute Gasteiger partial charge is 0.0628 e. The molecule has 0 spiro atoms. The normalized spacial score (nSPS) is 12.6. The van der Waals surface area contributed by atoms with Crippen molar-refractivity contribution in [1.29, 1.82) is 0 Å². The molecular weight excluding hydrogens is 308 g/mol. The zero-order chi connectivity index (χ0) is 13.0. The zero-order valence-corrected chi connectivity index (χ0v) is 12.8. The van der Waals surface area contributed by atoms with Gasteiger partial charge < -0.3 is 5.11 Å². The van der Waals surface area contributed by atoms with E-state index in [9.17, 15) is 5.11 Å². The Bertz CT molecular complexity index is 489. The van der Waals surface area contributed by atoms with Gasteiger partial charge in [0.15, 0.2) is 0 Å². The van der Waals surface area contributed by atoms with Crippen LogP contribution in [0.15, 0.2) is 40.9 Å². The Morgan fingerprint density at radius 3 is 2.33 bits per heavy atom. The minimum Gasteiger partial charge on any atom is -0.392 e. The number of hydrogen-bond donors (Lipinski definition) is 1. The first-order valence-electron chi connectivity index (χ1n) is 6.17. The van der Waals surface area contributed by atoms with Crippen LogP contribution in [-0.4, -0.2) is 11.2 Å². The SMILES string of the molecule is CCc1ccc(CC(O)Cc2ccc(Br)cc2)s1. The highest BCUT2D eigenvalue weighted by molar-refractivity contribution is 9.10. The molecule has 0 aliphatic heterocycles. The number of thiophene rings is 1. The molecular formula is C15H17BrOS. The highest BCUT2D eigenvalue weighted by Crippen LogP contribution is 2.20. The molecule has 2 aromatic rings. The Labute approximate surface area is 121 Å². The quantitative estimate of drug-likeness (QED) is 0.873. The van der Waals surface area contributed by atoms with Crippen molar-refractivity contribution in [3.8, 4) is 0 Å². The van der Waals surface area contributed by atoms with E-state index in [-0.39, 0.29) is 6.10 Å². The Balaban J connectivity index is 1.91. The predicted octanol–water partition coefficient (Wildman–Crippen LogP) is 4.22. The van der Waals surface area contributed by atoms with Crippen LogP contribution in [0, 0.1) is 0 Å². The summed E-state index contributed by atoms with van der Waals surface area (Å²) >= 11 is 5.22. The van der Waals surface area contributed by atoms with Crippen molar-refractivity contribution in [2.24, 2.45) is 0 Å². The van der Waals surface area contributed by atoms with Gasteiger partial charge in [0.05, 0.1) is 6.10 Å². The average molecular weight is 325 g/mol. The van der Waals surface area contributed by atoms with E-state index in [4.69, 9.17) is 0 Å². The van der Waals surface area contributed by atoms with Gasteiger partial charge in [-0.3, -0.25) is 0 Å². The maximum Gasteiger partial charge on any atom is 0.0628 e. The number of aliphatic hydroxyl groups is 1. The average Bonchev–Trinajstić information content (AvgIpc) is 2.79. The van der Waals surface area contributed by atoms with Crippen molar-refractivity contribution in [3.05, 3.63) is 56.2 Å². The molecule has 1 nitrogen and oxygen atoms in total. The lowest BCUT2D eigenvalue weighted by Crippen LogP contribution is -2.13. The van der Waals surface area contributed by atoms with Crippen molar-refractivity contribution >= 4 is 27.3 Å². The summed E-state index contributed by atoms with van der Waals surface area (Å²) in [4.78, 5) is 2.66. The van der Waals surface area contributed by atoms with Crippen LogP contribution in [0.25, 0.3) is 0 Å². The Kier molecular flexibility index (Phi) is 4.98. The van der Waals surface area contributed by atoms with Gasteiger partial charge in [-0.2, -0.15) is 0 Å². The standard InChI is InChI=1S/C15H17BrOS/c1-2-14-7-8-15(18-14)10-13(17)9-11-3-5-12(16)6-4-11/h3-8,13,17H,2,9-10H2,1H3. The summed E-state index contributed by atoms with van der Waals surface area (Å²) in [6.45, 7) is 2.16. The second-order valence-corrected chi connectivity index (χ2v) is 6.58. The molecule has 0 radical (unpaired) electrons. The van der Waals surface area contributed by atoms with Crippen molar-refractivity contribution in [2.45, 2.75) is 32.3 Å². The van der Waals surface area contributed by atoms with Crippen LogP contribution in [0.3, 0.4) is 0 Å². The first kappa shape index (κ1) is 13.8. The van der Waals surface area contributed by atoms with Gasteiger partial charge in [0.25, 0.3) is 0 Å². The summed E-state index contributed by atoms with van der Waals surface area (Å²) in [6, 6.07) is 12.4. The van der Waals surface area contributed by atoms with Gasteiger partial charge in [-0.05, 0) is 42.7 Å². The lowest BCUT2D eigenvalue weighted by molar-refractivity contribution is 0.176. The molecule has 0 fully saturated rings. The molecule has 0 saturated carbocycles. The minimum atomic E-state index is -0.297. The lowest BCUT2D eigenvalue weighted by atomic mass is 10.1. The highest BCUT2D eigenvalue weighted by Gasteiger charge is 2.08. The van der Waals surface area contributed by atoms with Crippen LogP contribution in [0.2, 0.25) is 0 Å². The third-order valence-corrected chi connectivity index (χ3v) is 4.67. The van der Waals surface area contributed by atoms with Gasteiger partial charge in [0, 0.05) is 20.6 Å². The molecule has 0 bridgehead atoms. The molecule has 1 unspecified atom stereocenters. The molecule has 1 N–H and O–H groups in total. The molecule has 1 atom stereocenters. The van der Waals surface area contributed by atoms with Gasteiger partial charge in [-0.15, -0.1) is 11.3 Å². The van der Waals surface area contributed by atoms with Crippen molar-refractivity contribution in [1.82, 2.24) is 0 Å². The maximum atomic E-state index is 10.1. The number of aryl methyl sites for hydroxylation is 1. The van der Waals surface area contributed by atoms with Gasteiger partial charge in [-0.1, -0.05) is 35.0 Å². The van der Waals surface area contributed by atoms with Gasteiger partial charge in [-0.25, -0.2) is 0 Å². The fraction of sp³-hybridized carbons (Fsp3) is 0.333. The fourth-order valence-electron chi connectivity index (χ4n) is 1.92. The van der Waals surface area contributed by atoms with E-state index in [0.29, 0.717) is 6.42 Å². The first-order valence-corrected chi connectivity index (χ1v) is 7.78. The van der Waals surface area contributed by atoms with Crippen molar-refractivity contribution in [3.63, 3.8) is 0 Å². The molecule has 96 valence electrons. The van der Waals surface area contributed by atoms with Crippen LogP contribution in [0.5, 0.6) is 0 Å². The van der Waals surface area contributed by atoms with Crippen LogP contribution in [0.4, 0.5) is 0 Å². The van der Waals surface area contributed by atoms with Crippen LogP contribution in [0.1, 0.15) is 22.2 Å². The molecule has 0 aliphatic carbocycles. The zero-order valence-electron chi connectivity index (χ0n) is 10.4. The maximum absolute atomic E-state index is 10.1. The number of aliphatic hydroxyl groups excluding tert-OH is 1. The monoisotopic (exact) mass is 324 g/mol. The lowest BCUT2D eigenvalue weighted by Gasteiger charge is -2.09. The van der Waals surface area contributed by atoms with E-state index in [0.717, 1.165) is 17.3 Å². The van der Waals surface area contributed by atoms with Crippen LogP contribution in [-0.2, 0) is 19.3 Å². The molecule has 1 heterocycles. The summed E-state index contributed by atoms with van der Waals surface area (Å²) in [6.07, 6.45) is 2.25. The van der Waals surface area contributed by atoms with Gasteiger partial charge in [0.2, 0.25) is 0 Å². The van der Waals surface area contributed by atoms with Crippen LogP contribution < -0.4 is 0 Å². The first-order chi connectivity index (χ1) is 8.67. The number of benzene rings is 1. The predicted molar refractivity (Wildman–Crippen MR) is 81.3 cm³/mol. The fourth-order valence-corrected chi connectivity index (χ4v) is 3.21. The summed E-state index contributed by atoms with van der Waals surface area (Å²) < 4.78 is 1.08. The molecule has 0 amide bonds. The third kappa shape index (κ3) is 3.94. The van der Waals surface area contributed by atoms with E-state index in [2.05, 4.69) is 47.1 Å². The Morgan fingerprint density at radius 2 is 1.72 bits per heavy atom. The van der Waals surface area contributed by atoms with Gasteiger partial charge in [0.1, 0.15) is 0 Å². The Morgan fingerprint density at radius 1 is 1.06 bits per heavy atom. The second-order valence-electron chi connectivity index (χ2n) is 4.41. The number of hydrogen-bond acceptors (Lipinski definition) is 2.